The molecule has 1 atom stereocenters. The second-order valence-corrected chi connectivity index (χ2v) is 5.54. The van der Waals surface area contributed by atoms with E-state index in [-0.39, 0.29) is 6.42 Å². The molecule has 1 aromatic carbocycles. The number of hydrogen-bond donors (Lipinski definition) is 1. The van der Waals surface area contributed by atoms with Gasteiger partial charge in [0.25, 0.3) is 5.91 Å². The lowest BCUT2D eigenvalue weighted by molar-refractivity contribution is -0.123. The van der Waals surface area contributed by atoms with Crippen LogP contribution in [0.1, 0.15) is 38.3 Å². The van der Waals surface area contributed by atoms with Gasteiger partial charge in [-0.1, -0.05) is 44.2 Å². The molecule has 0 aliphatic carbocycles. The predicted molar refractivity (Wildman–Crippen MR) is 87.9 cm³/mol. The van der Waals surface area contributed by atoms with E-state index in [4.69, 9.17) is 11.6 Å². The van der Waals surface area contributed by atoms with Crippen LogP contribution in [0.5, 0.6) is 0 Å². The molecule has 0 saturated heterocycles. The number of rotatable bonds is 7. The molecule has 0 bridgehead atoms. The van der Waals surface area contributed by atoms with Gasteiger partial charge in [-0.2, -0.15) is 0 Å². The zero-order chi connectivity index (χ0) is 15.9. The normalized spacial score (nSPS) is 13.9. The highest BCUT2D eigenvalue weighted by molar-refractivity contribution is 6.44. The monoisotopic (exact) mass is 307 g/mol. The largest absolute Gasteiger partial charge is 0.324 e. The average molecular weight is 308 g/mol. The topological polar surface area (TPSA) is 46.2 Å². The smallest absolute Gasteiger partial charge is 0.253 e. The molecule has 0 aromatic heterocycles. The highest BCUT2D eigenvalue weighted by Crippen LogP contribution is 2.26. The van der Waals surface area contributed by atoms with Gasteiger partial charge >= 0.3 is 0 Å². The number of aldehydes is 1. The lowest BCUT2D eigenvalue weighted by Crippen LogP contribution is -2.39. The van der Waals surface area contributed by atoms with Crippen LogP contribution in [0.4, 0.5) is 5.69 Å². The van der Waals surface area contributed by atoms with Gasteiger partial charge in [0.1, 0.15) is 0 Å². The van der Waals surface area contributed by atoms with Gasteiger partial charge in [0.05, 0.1) is 0 Å². The van der Waals surface area contributed by atoms with Crippen LogP contribution in [0.25, 0.3) is 0 Å². The van der Waals surface area contributed by atoms with Gasteiger partial charge in [-0.25, -0.2) is 0 Å². The third-order valence-electron chi connectivity index (χ3n) is 3.45. The van der Waals surface area contributed by atoms with E-state index < -0.39 is 10.8 Å². The maximum atomic E-state index is 12.4. The summed E-state index contributed by atoms with van der Waals surface area (Å²) in [5.74, 6) is -0.479. The van der Waals surface area contributed by atoms with E-state index in [2.05, 4.69) is 5.32 Å². The third kappa shape index (κ3) is 4.18. The Balaban J connectivity index is 3.09. The van der Waals surface area contributed by atoms with Crippen LogP contribution in [0, 0.1) is 0 Å². The summed E-state index contributed by atoms with van der Waals surface area (Å²) in [7, 11) is 0. The fourth-order valence-electron chi connectivity index (χ4n) is 2.10. The summed E-state index contributed by atoms with van der Waals surface area (Å²) in [5, 5.41) is 2.85. The van der Waals surface area contributed by atoms with E-state index in [1.54, 1.807) is 12.2 Å². The van der Waals surface area contributed by atoms with Crippen molar-refractivity contribution >= 4 is 29.5 Å². The SMILES string of the molecule is CC=CCC(Cl)(C=O)C(=O)Nc1c(CC)cccc1CC. The maximum Gasteiger partial charge on any atom is 0.253 e. The van der Waals surface area contributed by atoms with E-state index in [0.29, 0.717) is 6.29 Å². The Morgan fingerprint density at radius 1 is 1.29 bits per heavy atom. The van der Waals surface area contributed by atoms with Crippen molar-refractivity contribution in [1.29, 1.82) is 0 Å². The number of carbonyl (C=O) groups excluding carboxylic acids is 2. The molecular formula is C17H22ClNO2. The van der Waals surface area contributed by atoms with Crippen molar-refractivity contribution in [3.8, 4) is 0 Å². The molecule has 1 N–H and O–H groups in total. The molecule has 21 heavy (non-hydrogen) atoms. The first kappa shape index (κ1) is 17.4. The Labute approximate surface area is 131 Å². The molecule has 0 aliphatic heterocycles. The minimum atomic E-state index is -1.56. The molecule has 0 radical (unpaired) electrons. The molecule has 0 saturated carbocycles. The number of aryl methyl sites for hydroxylation is 2. The van der Waals surface area contributed by atoms with Crippen molar-refractivity contribution in [1.82, 2.24) is 0 Å². The van der Waals surface area contributed by atoms with E-state index in [1.807, 2.05) is 39.0 Å². The van der Waals surface area contributed by atoms with Crippen molar-refractivity contribution in [3.05, 3.63) is 41.5 Å². The fraction of sp³-hybridized carbons (Fsp3) is 0.412. The molecule has 3 nitrogen and oxygen atoms in total. The van der Waals surface area contributed by atoms with Crippen LogP contribution in [-0.4, -0.2) is 17.1 Å². The van der Waals surface area contributed by atoms with Crippen LogP contribution in [0.2, 0.25) is 0 Å². The zero-order valence-corrected chi connectivity index (χ0v) is 13.5. The molecule has 1 amide bonds. The van der Waals surface area contributed by atoms with Gasteiger partial charge in [-0.3, -0.25) is 4.79 Å². The van der Waals surface area contributed by atoms with E-state index >= 15 is 0 Å². The Bertz CT molecular complexity index is 517. The van der Waals surface area contributed by atoms with Gasteiger partial charge in [-0.15, -0.1) is 11.6 Å². The van der Waals surface area contributed by atoms with Crippen molar-refractivity contribution in [2.45, 2.75) is 44.9 Å². The predicted octanol–water partition coefficient (Wildman–Crippen LogP) is 3.89. The highest BCUT2D eigenvalue weighted by Gasteiger charge is 2.35. The molecule has 0 aliphatic rings. The van der Waals surface area contributed by atoms with Crippen molar-refractivity contribution in [3.63, 3.8) is 0 Å². The second-order valence-electron chi connectivity index (χ2n) is 4.87. The lowest BCUT2D eigenvalue weighted by Gasteiger charge is -2.21. The standard InChI is InChI=1S/C17H22ClNO2/c1-4-7-11-17(18,12-20)16(21)19-15-13(5-2)9-8-10-14(15)6-3/h4,7-10,12H,5-6,11H2,1-3H3,(H,19,21). The van der Waals surface area contributed by atoms with Gasteiger partial charge < -0.3 is 10.1 Å². The first-order valence-corrected chi connectivity index (χ1v) is 7.58. The minimum Gasteiger partial charge on any atom is -0.324 e. The van der Waals surface area contributed by atoms with Gasteiger partial charge in [0.2, 0.25) is 0 Å². The summed E-state index contributed by atoms with van der Waals surface area (Å²) < 4.78 is 0. The first-order chi connectivity index (χ1) is 10.0. The third-order valence-corrected chi connectivity index (χ3v) is 3.87. The number of hydrogen-bond acceptors (Lipinski definition) is 2. The number of carbonyl (C=O) groups is 2. The number of benzene rings is 1. The molecule has 0 spiro atoms. The number of allylic oxidation sites excluding steroid dienone is 2. The maximum absolute atomic E-state index is 12.4. The number of amides is 1. The molecule has 4 heteroatoms. The summed E-state index contributed by atoms with van der Waals surface area (Å²) in [5.41, 5.74) is 2.86. The Morgan fingerprint density at radius 2 is 1.86 bits per heavy atom. The zero-order valence-electron chi connectivity index (χ0n) is 12.8. The summed E-state index contributed by atoms with van der Waals surface area (Å²) in [6, 6.07) is 5.91. The number of nitrogens with one attached hydrogen (secondary N) is 1. The first-order valence-electron chi connectivity index (χ1n) is 7.21. The van der Waals surface area contributed by atoms with Crippen LogP contribution in [0.3, 0.4) is 0 Å². The lowest BCUT2D eigenvalue weighted by atomic mass is 10.0. The Morgan fingerprint density at radius 3 is 2.29 bits per heavy atom. The van der Waals surface area contributed by atoms with Crippen LogP contribution >= 0.6 is 11.6 Å². The molecule has 114 valence electrons. The quantitative estimate of drug-likeness (QED) is 0.359. The van der Waals surface area contributed by atoms with Gasteiger partial charge in [0.15, 0.2) is 11.2 Å². The van der Waals surface area contributed by atoms with Gasteiger partial charge in [-0.05, 0) is 30.9 Å². The van der Waals surface area contributed by atoms with Gasteiger partial charge in [0, 0.05) is 12.1 Å². The van der Waals surface area contributed by atoms with Crippen molar-refractivity contribution in [2.75, 3.05) is 5.32 Å². The minimum absolute atomic E-state index is 0.177. The Hall–Kier alpha value is -1.61. The fourth-order valence-corrected chi connectivity index (χ4v) is 2.24. The summed E-state index contributed by atoms with van der Waals surface area (Å²) in [4.78, 5) is 22.1. The Kier molecular flexibility index (Phi) is 6.63. The van der Waals surface area contributed by atoms with Crippen molar-refractivity contribution in [2.24, 2.45) is 0 Å². The molecule has 1 rings (SSSR count). The van der Waals surface area contributed by atoms with Crippen molar-refractivity contribution < 1.29 is 9.59 Å². The number of alkyl halides is 1. The highest BCUT2D eigenvalue weighted by atomic mass is 35.5. The van der Waals surface area contributed by atoms with E-state index in [1.165, 1.54) is 0 Å². The van der Waals surface area contributed by atoms with E-state index in [9.17, 15) is 9.59 Å². The van der Waals surface area contributed by atoms with Crippen LogP contribution < -0.4 is 5.32 Å². The van der Waals surface area contributed by atoms with Crippen LogP contribution in [0.15, 0.2) is 30.4 Å². The second kappa shape index (κ2) is 7.99. The number of anilines is 1. The molecule has 1 aromatic rings. The summed E-state index contributed by atoms with van der Waals surface area (Å²) in [6.07, 6.45) is 5.77. The van der Waals surface area contributed by atoms with E-state index in [0.717, 1.165) is 29.7 Å². The number of para-hydroxylation sites is 1. The average Bonchev–Trinajstić information content (AvgIpc) is 2.52. The summed E-state index contributed by atoms with van der Waals surface area (Å²) in [6.45, 7) is 5.87. The molecular weight excluding hydrogens is 286 g/mol. The summed E-state index contributed by atoms with van der Waals surface area (Å²) >= 11 is 6.16. The molecule has 1 unspecified atom stereocenters. The van der Waals surface area contributed by atoms with Crippen LogP contribution in [-0.2, 0) is 22.4 Å². The number of halogens is 1. The molecule has 0 fully saturated rings. The molecule has 0 heterocycles.